The second kappa shape index (κ2) is 7.68. The third kappa shape index (κ3) is 5.48. The largest absolute Gasteiger partial charge is 0.444 e. The van der Waals surface area contributed by atoms with E-state index in [1.54, 1.807) is 0 Å². The van der Waals surface area contributed by atoms with Gasteiger partial charge in [-0.25, -0.2) is 4.79 Å². The number of hydrogen-bond donors (Lipinski definition) is 1. The fourth-order valence-corrected chi connectivity index (χ4v) is 3.32. The lowest BCUT2D eigenvalue weighted by Crippen LogP contribution is -2.42. The molecule has 1 N–H and O–H groups in total. The molecule has 1 aliphatic heterocycles. The van der Waals surface area contributed by atoms with Crippen LogP contribution in [0.3, 0.4) is 0 Å². The van der Waals surface area contributed by atoms with Crippen molar-refractivity contribution in [1.29, 1.82) is 0 Å². The van der Waals surface area contributed by atoms with Crippen LogP contribution in [0.25, 0.3) is 0 Å². The normalized spacial score (nSPS) is 23.0. The number of alkyl carbamates (subject to hydrolysis) is 1. The third-order valence-corrected chi connectivity index (χ3v) is 5.06. The smallest absolute Gasteiger partial charge is 0.407 e. The number of aryl methyl sites for hydroxylation is 1. The maximum absolute atomic E-state index is 12.7. The van der Waals surface area contributed by atoms with Crippen LogP contribution in [-0.2, 0) is 16.0 Å². The second-order valence-corrected chi connectivity index (χ2v) is 8.85. The van der Waals surface area contributed by atoms with E-state index < -0.39 is 11.7 Å². The van der Waals surface area contributed by atoms with Gasteiger partial charge in [0, 0.05) is 25.0 Å². The number of ether oxygens (including phenoxy) is 1. The Kier molecular flexibility index (Phi) is 5.99. The number of benzene rings is 1. The summed E-state index contributed by atoms with van der Waals surface area (Å²) in [5.41, 5.74) is 1.54. The number of nitrogens with one attached hydrogen (secondary N) is 1. The molecule has 1 aromatic carbocycles. The molecule has 0 radical (unpaired) electrons. The van der Waals surface area contributed by atoms with Crippen LogP contribution in [0.1, 0.15) is 45.7 Å². The summed E-state index contributed by atoms with van der Waals surface area (Å²) in [4.78, 5) is 26.6. The number of hydrogen-bond acceptors (Lipinski definition) is 3. The van der Waals surface area contributed by atoms with Crippen molar-refractivity contribution in [2.75, 3.05) is 19.6 Å². The van der Waals surface area contributed by atoms with Gasteiger partial charge in [0.25, 0.3) is 0 Å². The fraction of sp³-hybridized carbons (Fsp3) is 0.619. The number of carbonyl (C=O) groups excluding carboxylic acids is 2. The number of nitrogens with zero attached hydrogens (tertiary/aromatic N) is 1. The van der Waals surface area contributed by atoms with Gasteiger partial charge in [0.15, 0.2) is 0 Å². The van der Waals surface area contributed by atoms with Gasteiger partial charge in [-0.05, 0) is 39.2 Å². The van der Waals surface area contributed by atoms with Gasteiger partial charge in [0.1, 0.15) is 5.60 Å². The van der Waals surface area contributed by atoms with Crippen molar-refractivity contribution in [3.8, 4) is 0 Å². The Balaban J connectivity index is 1.92. The zero-order valence-electron chi connectivity index (χ0n) is 16.9. The third-order valence-electron chi connectivity index (χ3n) is 5.06. The van der Waals surface area contributed by atoms with Crippen LogP contribution in [-0.4, -0.2) is 42.1 Å². The molecule has 0 bridgehead atoms. The summed E-state index contributed by atoms with van der Waals surface area (Å²) in [7, 11) is 0. The maximum atomic E-state index is 12.7. The number of likely N-dealkylation sites (tertiary alicyclic amines) is 1. The molecule has 26 heavy (non-hydrogen) atoms. The standard InChI is InChI=1S/C21H32N2O3/c1-15-8-7-9-17(10-15)11-18(24)23-12-16(2)21(6,14-23)13-22-19(25)26-20(3,4)5/h7-10,16H,11-14H2,1-6H3,(H,22,25)/t16-,21-/m1/s1. The van der Waals surface area contributed by atoms with E-state index in [9.17, 15) is 9.59 Å². The van der Waals surface area contributed by atoms with Crippen molar-refractivity contribution in [3.05, 3.63) is 35.4 Å². The highest BCUT2D eigenvalue weighted by molar-refractivity contribution is 5.79. The van der Waals surface area contributed by atoms with E-state index in [4.69, 9.17) is 4.74 Å². The fourth-order valence-electron chi connectivity index (χ4n) is 3.32. The summed E-state index contributed by atoms with van der Waals surface area (Å²) in [5.74, 6) is 0.447. The lowest BCUT2D eigenvalue weighted by atomic mass is 9.81. The number of rotatable bonds is 4. The summed E-state index contributed by atoms with van der Waals surface area (Å²) in [6, 6.07) is 8.07. The minimum Gasteiger partial charge on any atom is -0.444 e. The molecule has 5 heteroatoms. The topological polar surface area (TPSA) is 58.6 Å². The molecule has 0 spiro atoms. The van der Waals surface area contributed by atoms with E-state index in [1.165, 1.54) is 0 Å². The van der Waals surface area contributed by atoms with Crippen LogP contribution in [0.2, 0.25) is 0 Å². The van der Waals surface area contributed by atoms with Gasteiger partial charge in [-0.2, -0.15) is 0 Å². The summed E-state index contributed by atoms with van der Waals surface area (Å²) >= 11 is 0. The van der Waals surface area contributed by atoms with Gasteiger partial charge in [-0.3, -0.25) is 4.79 Å². The molecule has 0 saturated carbocycles. The molecular formula is C21H32N2O3. The van der Waals surface area contributed by atoms with E-state index in [0.717, 1.165) is 17.7 Å². The summed E-state index contributed by atoms with van der Waals surface area (Å²) in [6.45, 7) is 13.7. The Hall–Kier alpha value is -2.04. The van der Waals surface area contributed by atoms with Crippen LogP contribution in [0, 0.1) is 18.3 Å². The van der Waals surface area contributed by atoms with E-state index in [-0.39, 0.29) is 11.3 Å². The first-order chi connectivity index (χ1) is 12.0. The molecule has 5 nitrogen and oxygen atoms in total. The van der Waals surface area contributed by atoms with Crippen molar-refractivity contribution >= 4 is 12.0 Å². The lowest BCUT2D eigenvalue weighted by molar-refractivity contribution is -0.129. The van der Waals surface area contributed by atoms with Crippen molar-refractivity contribution in [2.45, 2.75) is 53.6 Å². The zero-order chi connectivity index (χ0) is 19.5. The number of amides is 2. The Morgan fingerprint density at radius 1 is 1.35 bits per heavy atom. The van der Waals surface area contributed by atoms with Crippen LogP contribution in [0.4, 0.5) is 4.79 Å². The molecular weight excluding hydrogens is 328 g/mol. The van der Waals surface area contributed by atoms with Gasteiger partial charge in [-0.15, -0.1) is 0 Å². The molecule has 2 atom stereocenters. The molecule has 0 aliphatic carbocycles. The minimum absolute atomic E-state index is 0.142. The van der Waals surface area contributed by atoms with Gasteiger partial charge >= 0.3 is 6.09 Å². The van der Waals surface area contributed by atoms with E-state index in [0.29, 0.717) is 25.4 Å². The Labute approximate surface area is 157 Å². The van der Waals surface area contributed by atoms with Crippen LogP contribution in [0.15, 0.2) is 24.3 Å². The summed E-state index contributed by atoms with van der Waals surface area (Å²) in [6.07, 6.45) is 0.0136. The van der Waals surface area contributed by atoms with Crippen molar-refractivity contribution < 1.29 is 14.3 Å². The SMILES string of the molecule is Cc1cccc(CC(=O)N2C[C@@H](C)[C@](C)(CNC(=O)OC(C)(C)C)C2)c1. The summed E-state index contributed by atoms with van der Waals surface area (Å²) in [5, 5.41) is 2.87. The van der Waals surface area contributed by atoms with Crippen molar-refractivity contribution in [1.82, 2.24) is 10.2 Å². The molecule has 2 rings (SSSR count). The molecule has 144 valence electrons. The van der Waals surface area contributed by atoms with E-state index >= 15 is 0 Å². The molecule has 0 aromatic heterocycles. The minimum atomic E-state index is -0.512. The first-order valence-corrected chi connectivity index (χ1v) is 9.29. The van der Waals surface area contributed by atoms with Gasteiger partial charge in [0.2, 0.25) is 5.91 Å². The Morgan fingerprint density at radius 3 is 2.65 bits per heavy atom. The average molecular weight is 360 g/mol. The first kappa shape index (κ1) is 20.3. The maximum Gasteiger partial charge on any atom is 0.407 e. The van der Waals surface area contributed by atoms with Crippen molar-refractivity contribution in [2.24, 2.45) is 11.3 Å². The molecule has 1 fully saturated rings. The zero-order valence-corrected chi connectivity index (χ0v) is 16.9. The van der Waals surface area contributed by atoms with E-state index in [1.807, 2.05) is 50.8 Å². The highest BCUT2D eigenvalue weighted by Crippen LogP contribution is 2.35. The van der Waals surface area contributed by atoms with Crippen molar-refractivity contribution in [3.63, 3.8) is 0 Å². The van der Waals surface area contributed by atoms with Gasteiger partial charge in [0.05, 0.1) is 6.42 Å². The van der Waals surface area contributed by atoms with Crippen LogP contribution >= 0.6 is 0 Å². The number of carbonyl (C=O) groups is 2. The molecule has 1 heterocycles. The highest BCUT2D eigenvalue weighted by Gasteiger charge is 2.42. The molecule has 0 unspecified atom stereocenters. The van der Waals surface area contributed by atoms with Gasteiger partial charge < -0.3 is 15.0 Å². The second-order valence-electron chi connectivity index (χ2n) is 8.85. The highest BCUT2D eigenvalue weighted by atomic mass is 16.6. The summed E-state index contributed by atoms with van der Waals surface area (Å²) < 4.78 is 5.31. The molecule has 2 amide bonds. The van der Waals surface area contributed by atoms with E-state index in [2.05, 4.69) is 25.2 Å². The van der Waals surface area contributed by atoms with Gasteiger partial charge in [-0.1, -0.05) is 43.7 Å². The molecule has 1 saturated heterocycles. The average Bonchev–Trinajstić information content (AvgIpc) is 2.80. The lowest BCUT2D eigenvalue weighted by Gasteiger charge is -2.29. The monoisotopic (exact) mass is 360 g/mol. The molecule has 1 aliphatic rings. The predicted molar refractivity (Wildman–Crippen MR) is 103 cm³/mol. The Bertz CT molecular complexity index is 665. The predicted octanol–water partition coefficient (Wildman–Crippen LogP) is 3.55. The van der Waals surface area contributed by atoms with Crippen LogP contribution < -0.4 is 5.32 Å². The van der Waals surface area contributed by atoms with Crippen LogP contribution in [0.5, 0.6) is 0 Å². The quantitative estimate of drug-likeness (QED) is 0.893. The Morgan fingerprint density at radius 2 is 2.04 bits per heavy atom. The molecule has 1 aromatic rings. The first-order valence-electron chi connectivity index (χ1n) is 9.29.